The molecule has 0 fully saturated rings. The molecule has 0 spiro atoms. The average molecular weight is 345 g/mol. The van der Waals surface area contributed by atoms with E-state index in [1.165, 1.54) is 16.8 Å². The van der Waals surface area contributed by atoms with Gasteiger partial charge in [-0.15, -0.1) is 0 Å². The molecule has 3 heteroatoms. The van der Waals surface area contributed by atoms with Gasteiger partial charge in [-0.25, -0.2) is 4.99 Å². The topological polar surface area (TPSA) is 15.6 Å². The zero-order valence-corrected chi connectivity index (χ0v) is 14.6. The van der Waals surface area contributed by atoms with Gasteiger partial charge in [0.15, 0.2) is 0 Å². The second-order valence-electron chi connectivity index (χ2n) is 6.64. The lowest BCUT2D eigenvalue weighted by molar-refractivity contribution is 0.364. The van der Waals surface area contributed by atoms with E-state index in [4.69, 9.17) is 16.6 Å². The van der Waals surface area contributed by atoms with E-state index in [1.807, 2.05) is 12.1 Å². The minimum absolute atomic E-state index is 0.162. The van der Waals surface area contributed by atoms with Crippen molar-refractivity contribution in [2.24, 2.45) is 10.9 Å². The molecule has 25 heavy (non-hydrogen) atoms. The van der Waals surface area contributed by atoms with Crippen LogP contribution in [-0.2, 0) is 0 Å². The number of halogens is 1. The highest BCUT2D eigenvalue weighted by Gasteiger charge is 2.39. The lowest BCUT2D eigenvalue weighted by Gasteiger charge is -2.37. The number of allylic oxidation sites excluding steroid dienone is 7. The minimum Gasteiger partial charge on any atom is -0.365 e. The summed E-state index contributed by atoms with van der Waals surface area (Å²) >= 11 is 6.73. The Balaban J connectivity index is 1.62. The molecule has 0 N–H and O–H groups in total. The molecule has 4 aliphatic rings. The van der Waals surface area contributed by atoms with Crippen LogP contribution in [-0.4, -0.2) is 23.7 Å². The van der Waals surface area contributed by atoms with E-state index in [1.54, 1.807) is 0 Å². The van der Waals surface area contributed by atoms with Gasteiger partial charge < -0.3 is 4.90 Å². The van der Waals surface area contributed by atoms with Gasteiger partial charge in [0.2, 0.25) is 0 Å². The van der Waals surface area contributed by atoms with Crippen molar-refractivity contribution in [3.8, 4) is 0 Å². The van der Waals surface area contributed by atoms with E-state index < -0.39 is 0 Å². The Labute approximate surface area is 152 Å². The highest BCUT2D eigenvalue weighted by Crippen LogP contribution is 2.45. The van der Waals surface area contributed by atoms with Crippen molar-refractivity contribution in [1.82, 2.24) is 4.90 Å². The molecule has 0 aromatic heterocycles. The second-order valence-corrected chi connectivity index (χ2v) is 7.02. The molecule has 122 valence electrons. The Kier molecular flexibility index (Phi) is 3.22. The smallest absolute Gasteiger partial charge is 0.102 e. The standard InChI is InChI=1S/C22H17ClN2/c1-25-19-10-6-5-9-16(19)20(23)21-22(25)17-13-15(11-12-18(17)24-21)14-7-3-2-4-8-14/h2-13,17,19H,1H3. The number of likely N-dealkylation sites (N-methyl/N-ethyl adjacent to an activating group) is 1. The number of rotatable bonds is 1. The Morgan fingerprint density at radius 3 is 2.72 bits per heavy atom. The van der Waals surface area contributed by atoms with E-state index in [2.05, 4.69) is 72.7 Å². The maximum absolute atomic E-state index is 6.73. The fourth-order valence-electron chi connectivity index (χ4n) is 3.99. The van der Waals surface area contributed by atoms with Crippen molar-refractivity contribution in [3.05, 3.63) is 100 Å². The first kappa shape index (κ1) is 14.7. The normalized spacial score (nSPS) is 26.4. The molecule has 5 rings (SSSR count). The fraction of sp³-hybridized carbons (Fsp3) is 0.136. The highest BCUT2D eigenvalue weighted by molar-refractivity contribution is 6.33. The number of aliphatic imine (C=N–C) groups is 1. The maximum atomic E-state index is 6.73. The van der Waals surface area contributed by atoms with Crippen molar-refractivity contribution in [2.75, 3.05) is 7.05 Å². The van der Waals surface area contributed by atoms with Crippen LogP contribution >= 0.6 is 11.6 Å². The van der Waals surface area contributed by atoms with Crippen LogP contribution in [0.15, 0.2) is 99.9 Å². The van der Waals surface area contributed by atoms with Gasteiger partial charge in [0.25, 0.3) is 0 Å². The van der Waals surface area contributed by atoms with Gasteiger partial charge in [-0.05, 0) is 22.8 Å². The molecule has 2 aliphatic carbocycles. The zero-order chi connectivity index (χ0) is 17.0. The molecule has 2 heterocycles. The second kappa shape index (κ2) is 5.47. The summed E-state index contributed by atoms with van der Waals surface area (Å²) < 4.78 is 0. The van der Waals surface area contributed by atoms with Crippen LogP contribution in [0.4, 0.5) is 0 Å². The number of hydrogen-bond donors (Lipinski definition) is 0. The molecule has 2 nitrogen and oxygen atoms in total. The SMILES string of the molecule is CN1C2=C(N=C3C=CC(c4ccccc4)=CC32)C(Cl)=C2C=CC=CC21. The lowest BCUT2D eigenvalue weighted by atomic mass is 9.86. The van der Waals surface area contributed by atoms with Crippen LogP contribution in [0.25, 0.3) is 5.57 Å². The minimum atomic E-state index is 0.162. The Morgan fingerprint density at radius 1 is 1.04 bits per heavy atom. The van der Waals surface area contributed by atoms with Crippen molar-refractivity contribution >= 4 is 22.9 Å². The van der Waals surface area contributed by atoms with Crippen molar-refractivity contribution in [1.29, 1.82) is 0 Å². The third-order valence-electron chi connectivity index (χ3n) is 5.24. The van der Waals surface area contributed by atoms with E-state index in [9.17, 15) is 0 Å². The summed E-state index contributed by atoms with van der Waals surface area (Å²) in [5, 5.41) is 0.781. The Morgan fingerprint density at radius 2 is 1.88 bits per heavy atom. The summed E-state index contributed by atoms with van der Waals surface area (Å²) in [6.07, 6.45) is 15.0. The predicted octanol–water partition coefficient (Wildman–Crippen LogP) is 4.86. The molecular formula is C22H17ClN2. The number of nitrogens with zero attached hydrogens (tertiary/aromatic N) is 2. The molecule has 2 atom stereocenters. The molecule has 0 saturated carbocycles. The monoisotopic (exact) mass is 344 g/mol. The summed E-state index contributed by atoms with van der Waals surface area (Å²) in [7, 11) is 2.14. The van der Waals surface area contributed by atoms with Gasteiger partial charge in [0, 0.05) is 7.05 Å². The fourth-order valence-corrected chi connectivity index (χ4v) is 4.30. The molecule has 1 aromatic rings. The van der Waals surface area contributed by atoms with Crippen LogP contribution in [0.2, 0.25) is 0 Å². The van der Waals surface area contributed by atoms with Crippen LogP contribution in [0.1, 0.15) is 5.56 Å². The van der Waals surface area contributed by atoms with Gasteiger partial charge in [-0.1, -0.05) is 78.4 Å². The van der Waals surface area contributed by atoms with E-state index in [0.717, 1.165) is 22.0 Å². The van der Waals surface area contributed by atoms with Gasteiger partial charge in [-0.2, -0.15) is 0 Å². The largest absolute Gasteiger partial charge is 0.365 e. The number of benzene rings is 1. The van der Waals surface area contributed by atoms with E-state index in [-0.39, 0.29) is 12.0 Å². The third kappa shape index (κ3) is 2.14. The zero-order valence-electron chi connectivity index (χ0n) is 13.9. The molecule has 0 bridgehead atoms. The van der Waals surface area contributed by atoms with Crippen LogP contribution in [0.5, 0.6) is 0 Å². The summed E-state index contributed by atoms with van der Waals surface area (Å²) in [5.41, 5.74) is 6.79. The molecule has 2 aliphatic heterocycles. The van der Waals surface area contributed by atoms with E-state index in [0.29, 0.717) is 0 Å². The first-order valence-electron chi connectivity index (χ1n) is 8.50. The summed E-state index contributed by atoms with van der Waals surface area (Å²) in [4.78, 5) is 7.17. The summed E-state index contributed by atoms with van der Waals surface area (Å²) in [5.74, 6) is 0.162. The predicted molar refractivity (Wildman–Crippen MR) is 104 cm³/mol. The Hall–Kier alpha value is -2.58. The lowest BCUT2D eigenvalue weighted by Crippen LogP contribution is -2.37. The third-order valence-corrected chi connectivity index (χ3v) is 5.64. The van der Waals surface area contributed by atoms with Crippen molar-refractivity contribution in [3.63, 3.8) is 0 Å². The van der Waals surface area contributed by atoms with Crippen molar-refractivity contribution < 1.29 is 0 Å². The molecule has 0 amide bonds. The van der Waals surface area contributed by atoms with Crippen LogP contribution in [0.3, 0.4) is 0 Å². The van der Waals surface area contributed by atoms with Crippen molar-refractivity contribution in [2.45, 2.75) is 6.04 Å². The first-order chi connectivity index (χ1) is 12.2. The first-order valence-corrected chi connectivity index (χ1v) is 8.87. The quantitative estimate of drug-likeness (QED) is 0.710. The van der Waals surface area contributed by atoms with Gasteiger partial charge in [-0.3, -0.25) is 0 Å². The van der Waals surface area contributed by atoms with Crippen LogP contribution in [0, 0.1) is 5.92 Å². The van der Waals surface area contributed by atoms with E-state index >= 15 is 0 Å². The highest BCUT2D eigenvalue weighted by atomic mass is 35.5. The van der Waals surface area contributed by atoms with Gasteiger partial charge in [0.05, 0.1) is 28.4 Å². The molecular weight excluding hydrogens is 328 g/mol. The maximum Gasteiger partial charge on any atom is 0.102 e. The van der Waals surface area contributed by atoms with Crippen LogP contribution < -0.4 is 0 Å². The molecule has 1 aromatic carbocycles. The Bertz CT molecular complexity index is 971. The molecule has 0 radical (unpaired) electrons. The molecule has 0 saturated heterocycles. The molecule has 2 unspecified atom stereocenters. The average Bonchev–Trinajstić information content (AvgIpc) is 3.06. The van der Waals surface area contributed by atoms with Gasteiger partial charge in [0.1, 0.15) is 5.70 Å². The summed E-state index contributed by atoms with van der Waals surface area (Å²) in [6.45, 7) is 0. The van der Waals surface area contributed by atoms with Gasteiger partial charge >= 0.3 is 0 Å². The number of fused-ring (bicyclic) bond motifs is 3. The number of hydrogen-bond acceptors (Lipinski definition) is 2. The summed E-state index contributed by atoms with van der Waals surface area (Å²) in [6, 6.07) is 10.7.